The van der Waals surface area contributed by atoms with Crippen LogP contribution in [0.5, 0.6) is 5.75 Å². The summed E-state index contributed by atoms with van der Waals surface area (Å²) in [5.74, 6) is -1.63. The number of nitrogens with one attached hydrogen (secondary N) is 1. The van der Waals surface area contributed by atoms with Crippen molar-refractivity contribution in [1.82, 2.24) is 9.88 Å². The van der Waals surface area contributed by atoms with Crippen molar-refractivity contribution in [2.24, 2.45) is 0 Å². The maximum Gasteiger partial charge on any atom is 0.322 e. The molecule has 0 radical (unpaired) electrons. The van der Waals surface area contributed by atoms with Gasteiger partial charge in [0.2, 0.25) is 0 Å². The Morgan fingerprint density at radius 3 is 2.91 bits per heavy atom. The first-order chi connectivity index (χ1) is 11.0. The summed E-state index contributed by atoms with van der Waals surface area (Å²) in [4.78, 5) is 27.3. The number of carboxylic acid groups (broad SMARTS) is 1. The van der Waals surface area contributed by atoms with E-state index in [1.54, 1.807) is 12.1 Å². The van der Waals surface area contributed by atoms with Crippen LogP contribution in [0.3, 0.4) is 0 Å². The molecule has 0 saturated heterocycles. The number of aromatic nitrogens is 1. The second-order valence-corrected chi connectivity index (χ2v) is 5.37. The minimum Gasteiger partial charge on any atom is -0.481 e. The van der Waals surface area contributed by atoms with E-state index < -0.39 is 18.4 Å². The average Bonchev–Trinajstić information content (AvgIpc) is 2.87. The van der Waals surface area contributed by atoms with E-state index in [-0.39, 0.29) is 0 Å². The molecule has 2 rings (SSSR count). The summed E-state index contributed by atoms with van der Waals surface area (Å²) < 4.78 is 5.06. The Hall–Kier alpha value is -2.60. The summed E-state index contributed by atoms with van der Waals surface area (Å²) in [5.41, 5.74) is 2.07. The van der Waals surface area contributed by atoms with Gasteiger partial charge in [-0.25, -0.2) is 0 Å². The Morgan fingerprint density at radius 1 is 1.43 bits per heavy atom. The molecule has 0 amide bonds. The average molecular weight is 316 g/mol. The molecule has 1 aromatic heterocycles. The highest BCUT2D eigenvalue weighted by Gasteiger charge is 2.12. The van der Waals surface area contributed by atoms with Gasteiger partial charge in [-0.15, -0.1) is 6.58 Å². The molecule has 0 atom stereocenters. The third-order valence-corrected chi connectivity index (χ3v) is 3.47. The van der Waals surface area contributed by atoms with Crippen LogP contribution in [-0.4, -0.2) is 47.1 Å². The van der Waals surface area contributed by atoms with Crippen molar-refractivity contribution in [3.05, 3.63) is 42.6 Å². The van der Waals surface area contributed by atoms with Crippen LogP contribution in [0, 0.1) is 0 Å². The second-order valence-electron chi connectivity index (χ2n) is 5.37. The zero-order valence-corrected chi connectivity index (χ0v) is 13.0. The topological polar surface area (TPSA) is 82.6 Å². The normalized spacial score (nSPS) is 10.9. The summed E-state index contributed by atoms with van der Waals surface area (Å²) in [6.07, 6.45) is 3.99. The summed E-state index contributed by atoms with van der Waals surface area (Å²) in [5, 5.41) is 9.56. The van der Waals surface area contributed by atoms with Crippen LogP contribution in [0.25, 0.3) is 10.9 Å². The molecular weight excluding hydrogens is 296 g/mol. The number of likely N-dealkylation sites (N-methyl/N-ethyl adjacent to an activating group) is 1. The zero-order valence-electron chi connectivity index (χ0n) is 13.0. The lowest BCUT2D eigenvalue weighted by Gasteiger charge is -2.13. The van der Waals surface area contributed by atoms with Crippen molar-refractivity contribution in [1.29, 1.82) is 0 Å². The number of nitrogens with zero attached hydrogens (tertiary/aromatic N) is 1. The second kappa shape index (κ2) is 7.60. The van der Waals surface area contributed by atoms with Crippen molar-refractivity contribution in [3.63, 3.8) is 0 Å². The van der Waals surface area contributed by atoms with Gasteiger partial charge in [-0.05, 0) is 37.2 Å². The summed E-state index contributed by atoms with van der Waals surface area (Å²) in [6.45, 7) is 5.41. The van der Waals surface area contributed by atoms with Crippen molar-refractivity contribution < 1.29 is 19.4 Å². The number of carbonyl (C=O) groups is 2. The summed E-state index contributed by atoms with van der Waals surface area (Å²) in [6, 6.07) is 5.22. The molecule has 0 aliphatic rings. The lowest BCUT2D eigenvalue weighted by atomic mass is 10.1. The number of aliphatic carboxylic acids is 1. The number of ether oxygens (including phenoxy) is 1. The van der Waals surface area contributed by atoms with E-state index in [9.17, 15) is 9.59 Å². The van der Waals surface area contributed by atoms with Crippen LogP contribution in [0.4, 0.5) is 0 Å². The Labute approximate surface area is 134 Å². The Morgan fingerprint density at radius 2 is 2.22 bits per heavy atom. The van der Waals surface area contributed by atoms with Gasteiger partial charge in [0, 0.05) is 30.2 Å². The van der Waals surface area contributed by atoms with E-state index in [1.165, 1.54) is 0 Å². The number of hydrogen-bond acceptors (Lipinski definition) is 4. The smallest absolute Gasteiger partial charge is 0.322 e. The van der Waals surface area contributed by atoms with Crippen LogP contribution in [-0.2, 0) is 16.0 Å². The van der Waals surface area contributed by atoms with Crippen molar-refractivity contribution in [2.75, 3.05) is 20.1 Å². The van der Waals surface area contributed by atoms with Crippen molar-refractivity contribution in [3.8, 4) is 5.75 Å². The molecule has 6 nitrogen and oxygen atoms in total. The standard InChI is InChI=1S/C17H20N2O4/c1-3-7-19(2)8-6-12-11-18-15-5-4-13(9-14(12)15)23-17(22)10-16(20)21/h3-5,9,11,18H,1,6-8,10H2,2H3,(H,20,21). The fourth-order valence-electron chi connectivity index (χ4n) is 2.34. The number of aromatic amines is 1. The summed E-state index contributed by atoms with van der Waals surface area (Å²) in [7, 11) is 2.02. The number of rotatable bonds is 8. The monoisotopic (exact) mass is 316 g/mol. The molecule has 2 N–H and O–H groups in total. The molecule has 1 heterocycles. The molecule has 6 heteroatoms. The highest BCUT2D eigenvalue weighted by molar-refractivity contribution is 5.92. The molecule has 2 aromatic rings. The number of fused-ring (bicyclic) bond motifs is 1. The maximum absolute atomic E-state index is 11.4. The number of hydrogen-bond donors (Lipinski definition) is 2. The first kappa shape index (κ1) is 16.8. The van der Waals surface area contributed by atoms with Crippen LogP contribution in [0.1, 0.15) is 12.0 Å². The predicted molar refractivity (Wildman–Crippen MR) is 87.6 cm³/mol. The number of esters is 1. The predicted octanol–water partition coefficient (Wildman–Crippen LogP) is 2.21. The van der Waals surface area contributed by atoms with Gasteiger partial charge in [-0.3, -0.25) is 9.59 Å². The molecule has 0 unspecified atom stereocenters. The SMILES string of the molecule is C=CCN(C)CCc1c[nH]c2ccc(OC(=O)CC(=O)O)cc12. The number of H-pyrrole nitrogens is 1. The van der Waals surface area contributed by atoms with Gasteiger partial charge in [0.1, 0.15) is 12.2 Å². The Bertz CT molecular complexity index is 720. The fourth-order valence-corrected chi connectivity index (χ4v) is 2.34. The van der Waals surface area contributed by atoms with Gasteiger partial charge in [0.05, 0.1) is 0 Å². The van der Waals surface area contributed by atoms with Crippen molar-refractivity contribution in [2.45, 2.75) is 12.8 Å². The lowest BCUT2D eigenvalue weighted by molar-refractivity contribution is -0.145. The highest BCUT2D eigenvalue weighted by Crippen LogP contribution is 2.24. The maximum atomic E-state index is 11.4. The highest BCUT2D eigenvalue weighted by atomic mass is 16.5. The first-order valence-electron chi connectivity index (χ1n) is 7.31. The van der Waals surface area contributed by atoms with Crippen LogP contribution in [0.15, 0.2) is 37.1 Å². The third-order valence-electron chi connectivity index (χ3n) is 3.47. The Kier molecular flexibility index (Phi) is 5.54. The number of carbonyl (C=O) groups excluding carboxylic acids is 1. The third kappa shape index (κ3) is 4.69. The van der Waals surface area contributed by atoms with E-state index in [0.717, 1.165) is 36.0 Å². The van der Waals surface area contributed by atoms with E-state index in [1.807, 2.05) is 25.4 Å². The molecule has 0 fully saturated rings. The van der Waals surface area contributed by atoms with Gasteiger partial charge in [-0.2, -0.15) is 0 Å². The molecule has 0 aliphatic carbocycles. The van der Waals surface area contributed by atoms with E-state index in [0.29, 0.717) is 5.75 Å². The number of carboxylic acids is 1. The van der Waals surface area contributed by atoms with Crippen LogP contribution < -0.4 is 4.74 Å². The molecular formula is C17H20N2O4. The Balaban J connectivity index is 2.11. The lowest BCUT2D eigenvalue weighted by Crippen LogP contribution is -2.20. The van der Waals surface area contributed by atoms with Gasteiger partial charge in [-0.1, -0.05) is 6.08 Å². The molecule has 0 saturated carbocycles. The minimum atomic E-state index is -1.20. The minimum absolute atomic E-state index is 0.351. The van der Waals surface area contributed by atoms with E-state index in [4.69, 9.17) is 9.84 Å². The molecule has 23 heavy (non-hydrogen) atoms. The quantitative estimate of drug-likeness (QED) is 0.338. The zero-order chi connectivity index (χ0) is 16.8. The molecule has 0 spiro atoms. The van der Waals surface area contributed by atoms with Gasteiger partial charge < -0.3 is 19.7 Å². The van der Waals surface area contributed by atoms with E-state index >= 15 is 0 Å². The van der Waals surface area contributed by atoms with Gasteiger partial charge in [0.25, 0.3) is 0 Å². The van der Waals surface area contributed by atoms with Gasteiger partial charge in [0.15, 0.2) is 0 Å². The first-order valence-corrected chi connectivity index (χ1v) is 7.31. The molecule has 122 valence electrons. The van der Waals surface area contributed by atoms with E-state index in [2.05, 4.69) is 16.5 Å². The fraction of sp³-hybridized carbons (Fsp3) is 0.294. The van der Waals surface area contributed by atoms with Crippen LogP contribution in [0.2, 0.25) is 0 Å². The van der Waals surface area contributed by atoms with Gasteiger partial charge >= 0.3 is 11.9 Å². The molecule has 1 aromatic carbocycles. The van der Waals surface area contributed by atoms with Crippen molar-refractivity contribution >= 4 is 22.8 Å². The molecule has 0 aliphatic heterocycles. The van der Waals surface area contributed by atoms with Crippen LogP contribution >= 0.6 is 0 Å². The largest absolute Gasteiger partial charge is 0.481 e. The summed E-state index contributed by atoms with van der Waals surface area (Å²) >= 11 is 0. The number of benzene rings is 1. The molecule has 0 bridgehead atoms.